The molecule has 0 radical (unpaired) electrons. The second kappa shape index (κ2) is 10.5. The largest absolute Gasteiger partial charge is 0.391 e. The second-order valence-electron chi connectivity index (χ2n) is 9.06. The van der Waals surface area contributed by atoms with Crippen molar-refractivity contribution in [3.8, 4) is 16.9 Å². The van der Waals surface area contributed by atoms with E-state index in [9.17, 15) is 14.7 Å². The van der Waals surface area contributed by atoms with E-state index in [0.29, 0.717) is 22.2 Å². The molecular formula is C26H28ClN3O5. The predicted molar refractivity (Wildman–Crippen MR) is 131 cm³/mol. The molecule has 0 spiro atoms. The maximum absolute atomic E-state index is 13.4. The first-order chi connectivity index (χ1) is 16.7. The number of β-amino-alcohol motifs (C(OH)–C–C–N with tert-alkyl or cyclic N) is 1. The van der Waals surface area contributed by atoms with Gasteiger partial charge in [0.05, 0.1) is 11.8 Å². The van der Waals surface area contributed by atoms with Gasteiger partial charge in [0.25, 0.3) is 5.91 Å². The molecule has 2 N–H and O–H groups in total. The van der Waals surface area contributed by atoms with E-state index in [0.717, 1.165) is 11.1 Å². The minimum Gasteiger partial charge on any atom is -0.391 e. The standard InChI is InChI=1S/C26H28ClN3O5/c1-15(2)24(23-12-16(3)28-35-23)26(33)30-14-18(31)13-22(30)25(32)29-34-19-10-8-17(9-11-19)20-6-4-5-7-21(20)27/h4-12,15,18,22,24,31H,13-14H2,1-3H3,(H,29,32). The zero-order valence-electron chi connectivity index (χ0n) is 19.8. The van der Waals surface area contributed by atoms with Crippen LogP contribution in [0, 0.1) is 12.8 Å². The van der Waals surface area contributed by atoms with Crippen LogP contribution in [0.25, 0.3) is 11.1 Å². The van der Waals surface area contributed by atoms with Crippen molar-refractivity contribution in [2.24, 2.45) is 5.92 Å². The summed E-state index contributed by atoms with van der Waals surface area (Å²) < 4.78 is 5.35. The summed E-state index contributed by atoms with van der Waals surface area (Å²) in [6.45, 7) is 5.64. The fraction of sp³-hybridized carbons (Fsp3) is 0.346. The fourth-order valence-corrected chi connectivity index (χ4v) is 4.57. The summed E-state index contributed by atoms with van der Waals surface area (Å²) in [4.78, 5) is 33.3. The van der Waals surface area contributed by atoms with Crippen LogP contribution in [-0.2, 0) is 9.59 Å². The van der Waals surface area contributed by atoms with E-state index >= 15 is 0 Å². The van der Waals surface area contributed by atoms with Crippen LogP contribution in [0.4, 0.5) is 0 Å². The van der Waals surface area contributed by atoms with Gasteiger partial charge < -0.3 is 19.4 Å². The van der Waals surface area contributed by atoms with E-state index in [2.05, 4.69) is 10.6 Å². The van der Waals surface area contributed by atoms with Crippen molar-refractivity contribution >= 4 is 23.4 Å². The highest BCUT2D eigenvalue weighted by molar-refractivity contribution is 6.33. The third-order valence-electron chi connectivity index (χ3n) is 6.06. The van der Waals surface area contributed by atoms with Gasteiger partial charge in [-0.15, -0.1) is 0 Å². The first kappa shape index (κ1) is 24.8. The van der Waals surface area contributed by atoms with E-state index in [4.69, 9.17) is 21.0 Å². The lowest BCUT2D eigenvalue weighted by Crippen LogP contribution is -2.48. The Hall–Kier alpha value is -3.36. The van der Waals surface area contributed by atoms with Crippen molar-refractivity contribution in [3.05, 3.63) is 71.1 Å². The van der Waals surface area contributed by atoms with Gasteiger partial charge >= 0.3 is 0 Å². The fourth-order valence-electron chi connectivity index (χ4n) is 4.32. The van der Waals surface area contributed by atoms with Crippen molar-refractivity contribution < 1.29 is 24.1 Å². The molecule has 0 saturated carbocycles. The van der Waals surface area contributed by atoms with Gasteiger partial charge in [0, 0.05) is 29.6 Å². The van der Waals surface area contributed by atoms with Crippen molar-refractivity contribution in [1.82, 2.24) is 15.5 Å². The monoisotopic (exact) mass is 497 g/mol. The number of benzene rings is 2. The van der Waals surface area contributed by atoms with Gasteiger partial charge in [-0.2, -0.15) is 5.48 Å². The van der Waals surface area contributed by atoms with Crippen LogP contribution in [0.15, 0.2) is 59.1 Å². The van der Waals surface area contributed by atoms with Gasteiger partial charge in [-0.1, -0.05) is 60.9 Å². The Balaban J connectivity index is 1.43. The number of hydroxylamine groups is 1. The molecule has 1 fully saturated rings. The van der Waals surface area contributed by atoms with E-state index in [1.54, 1.807) is 25.1 Å². The Kier molecular flexibility index (Phi) is 7.42. The van der Waals surface area contributed by atoms with Crippen molar-refractivity contribution in [2.75, 3.05) is 6.54 Å². The number of nitrogens with one attached hydrogen (secondary N) is 1. The Morgan fingerprint density at radius 1 is 1.20 bits per heavy atom. The van der Waals surface area contributed by atoms with E-state index in [-0.39, 0.29) is 24.8 Å². The smallest absolute Gasteiger partial charge is 0.275 e. The van der Waals surface area contributed by atoms with Gasteiger partial charge in [-0.3, -0.25) is 9.59 Å². The molecule has 0 bridgehead atoms. The van der Waals surface area contributed by atoms with Crippen LogP contribution in [0.1, 0.15) is 37.6 Å². The third-order valence-corrected chi connectivity index (χ3v) is 6.39. The SMILES string of the molecule is Cc1cc(C(C(=O)N2CC(O)CC2C(=O)NOc2ccc(-c3ccccc3Cl)cc2)C(C)C)on1. The zero-order valence-corrected chi connectivity index (χ0v) is 20.5. The molecule has 2 heterocycles. The highest BCUT2D eigenvalue weighted by Gasteiger charge is 2.43. The number of hydrogen-bond donors (Lipinski definition) is 2. The number of aliphatic hydroxyl groups is 1. The summed E-state index contributed by atoms with van der Waals surface area (Å²) in [6.07, 6.45) is -0.694. The third kappa shape index (κ3) is 5.49. The first-order valence-electron chi connectivity index (χ1n) is 11.5. The molecule has 3 unspecified atom stereocenters. The van der Waals surface area contributed by atoms with Gasteiger partial charge in [0.2, 0.25) is 5.91 Å². The van der Waals surface area contributed by atoms with Crippen LogP contribution >= 0.6 is 11.6 Å². The topological polar surface area (TPSA) is 105 Å². The molecule has 1 aliphatic rings. The summed E-state index contributed by atoms with van der Waals surface area (Å²) in [5.74, 6) is -0.654. The molecule has 35 heavy (non-hydrogen) atoms. The minimum absolute atomic E-state index is 0.0553. The van der Waals surface area contributed by atoms with Crippen LogP contribution in [0.3, 0.4) is 0 Å². The lowest BCUT2D eigenvalue weighted by atomic mass is 9.91. The highest BCUT2D eigenvalue weighted by atomic mass is 35.5. The Morgan fingerprint density at radius 3 is 2.54 bits per heavy atom. The number of halogens is 1. The number of hydrogen-bond acceptors (Lipinski definition) is 6. The molecule has 9 heteroatoms. The number of carbonyl (C=O) groups is 2. The van der Waals surface area contributed by atoms with E-state index in [1.165, 1.54) is 4.90 Å². The van der Waals surface area contributed by atoms with Crippen LogP contribution in [0.5, 0.6) is 5.75 Å². The summed E-state index contributed by atoms with van der Waals surface area (Å²) in [5.41, 5.74) is 4.89. The number of nitrogens with zero attached hydrogens (tertiary/aromatic N) is 2. The molecule has 2 amide bonds. The molecule has 3 aromatic rings. The Bertz CT molecular complexity index is 1190. The Morgan fingerprint density at radius 2 is 1.91 bits per heavy atom. The lowest BCUT2D eigenvalue weighted by molar-refractivity contribution is -0.143. The highest BCUT2D eigenvalue weighted by Crippen LogP contribution is 2.31. The quantitative estimate of drug-likeness (QED) is 0.476. The molecule has 0 aliphatic carbocycles. The number of aliphatic hydroxyl groups excluding tert-OH is 1. The molecule has 184 valence electrons. The lowest BCUT2D eigenvalue weighted by Gasteiger charge is -2.28. The zero-order chi connectivity index (χ0) is 25.1. The number of aryl methyl sites for hydroxylation is 1. The molecule has 1 aliphatic heterocycles. The van der Waals surface area contributed by atoms with Gasteiger partial charge in [-0.05, 0) is 36.6 Å². The summed E-state index contributed by atoms with van der Waals surface area (Å²) >= 11 is 6.26. The van der Waals surface area contributed by atoms with Gasteiger partial charge in [-0.25, -0.2) is 0 Å². The van der Waals surface area contributed by atoms with Crippen LogP contribution < -0.4 is 10.3 Å². The van der Waals surface area contributed by atoms with Crippen LogP contribution in [-0.4, -0.2) is 45.7 Å². The molecule has 1 saturated heterocycles. The molecule has 1 aromatic heterocycles. The average molecular weight is 498 g/mol. The minimum atomic E-state index is -0.870. The molecule has 2 aromatic carbocycles. The van der Waals surface area contributed by atoms with E-state index < -0.39 is 24.0 Å². The Labute approximate surface area is 208 Å². The normalized spacial score (nSPS) is 18.5. The van der Waals surface area contributed by atoms with Gasteiger partial charge in [0.15, 0.2) is 5.75 Å². The molecular weight excluding hydrogens is 470 g/mol. The predicted octanol–water partition coefficient (Wildman–Crippen LogP) is 4.12. The molecule has 8 nitrogen and oxygen atoms in total. The van der Waals surface area contributed by atoms with Crippen molar-refractivity contribution in [2.45, 2.75) is 45.3 Å². The van der Waals surface area contributed by atoms with E-state index in [1.807, 2.05) is 50.2 Å². The summed E-state index contributed by atoms with van der Waals surface area (Å²) in [7, 11) is 0. The van der Waals surface area contributed by atoms with Crippen molar-refractivity contribution in [3.63, 3.8) is 0 Å². The van der Waals surface area contributed by atoms with Gasteiger partial charge in [0.1, 0.15) is 17.7 Å². The number of likely N-dealkylation sites (tertiary alicyclic amines) is 1. The second-order valence-corrected chi connectivity index (χ2v) is 9.47. The summed E-state index contributed by atoms with van der Waals surface area (Å²) in [6, 6.07) is 15.5. The van der Waals surface area contributed by atoms with Crippen LogP contribution in [0.2, 0.25) is 5.02 Å². The summed E-state index contributed by atoms with van der Waals surface area (Å²) in [5, 5.41) is 14.8. The number of carbonyl (C=O) groups excluding carboxylic acids is 2. The maximum Gasteiger partial charge on any atom is 0.275 e. The molecule has 4 rings (SSSR count). The average Bonchev–Trinajstić information content (AvgIpc) is 3.43. The molecule has 3 atom stereocenters. The number of rotatable bonds is 7. The maximum atomic E-state index is 13.4. The number of aromatic nitrogens is 1. The van der Waals surface area contributed by atoms with Crippen molar-refractivity contribution in [1.29, 1.82) is 0 Å². The first-order valence-corrected chi connectivity index (χ1v) is 11.9. The number of amides is 2.